The highest BCUT2D eigenvalue weighted by molar-refractivity contribution is 7.80. The van der Waals surface area contributed by atoms with E-state index in [9.17, 15) is 4.79 Å². The molecule has 0 radical (unpaired) electrons. The number of hydrogen-bond acceptors (Lipinski definition) is 3. The van der Waals surface area contributed by atoms with Crippen LogP contribution in [0.25, 0.3) is 0 Å². The van der Waals surface area contributed by atoms with Gasteiger partial charge >= 0.3 is 0 Å². The number of nitrogens with one attached hydrogen (secondary N) is 1. The topological polar surface area (TPSA) is 64.3 Å². The lowest BCUT2D eigenvalue weighted by molar-refractivity contribution is -0.126. The number of thiocarbonyl (C=S) groups is 1. The zero-order chi connectivity index (χ0) is 11.2. The molecule has 0 saturated carbocycles. The van der Waals surface area contributed by atoms with Crippen LogP contribution in [0.15, 0.2) is 0 Å². The molecule has 14 heavy (non-hydrogen) atoms. The summed E-state index contributed by atoms with van der Waals surface area (Å²) >= 11 is 4.81. The molecule has 0 aromatic rings. The standard InChI is InChI=1S/C9H18N2O2S/c1-4-5-13-6-7(12)11-9(2,3)8(10)14/h4-6H2,1-3H3,(H2,10,14)(H,11,12). The Kier molecular flexibility index (Phi) is 5.64. The van der Waals surface area contributed by atoms with E-state index >= 15 is 0 Å². The summed E-state index contributed by atoms with van der Waals surface area (Å²) < 4.78 is 5.07. The fraction of sp³-hybridized carbons (Fsp3) is 0.778. The highest BCUT2D eigenvalue weighted by atomic mass is 32.1. The Hall–Kier alpha value is -0.680. The minimum absolute atomic E-state index is 0.0554. The molecule has 0 spiro atoms. The average molecular weight is 218 g/mol. The van der Waals surface area contributed by atoms with Crippen LogP contribution in [0.1, 0.15) is 27.2 Å². The summed E-state index contributed by atoms with van der Waals surface area (Å²) in [5.74, 6) is -0.198. The van der Waals surface area contributed by atoms with Crippen molar-refractivity contribution >= 4 is 23.1 Å². The van der Waals surface area contributed by atoms with Crippen molar-refractivity contribution in [3.63, 3.8) is 0 Å². The Bertz CT molecular complexity index is 217. The van der Waals surface area contributed by atoms with Crippen LogP contribution in [0, 0.1) is 0 Å². The number of rotatable bonds is 6. The lowest BCUT2D eigenvalue weighted by Crippen LogP contribution is -2.53. The summed E-state index contributed by atoms with van der Waals surface area (Å²) in [4.78, 5) is 11.6. The highest BCUT2D eigenvalue weighted by Gasteiger charge is 2.23. The van der Waals surface area contributed by atoms with Crippen molar-refractivity contribution < 1.29 is 9.53 Å². The van der Waals surface area contributed by atoms with Crippen molar-refractivity contribution in [2.75, 3.05) is 13.2 Å². The van der Waals surface area contributed by atoms with Crippen molar-refractivity contribution in [1.29, 1.82) is 0 Å². The summed E-state index contributed by atoms with van der Waals surface area (Å²) in [7, 11) is 0. The molecular weight excluding hydrogens is 200 g/mol. The van der Waals surface area contributed by atoms with Crippen molar-refractivity contribution in [3.05, 3.63) is 0 Å². The molecule has 0 unspecified atom stereocenters. The monoisotopic (exact) mass is 218 g/mol. The molecule has 0 atom stereocenters. The van der Waals surface area contributed by atoms with E-state index in [2.05, 4.69) is 5.32 Å². The SMILES string of the molecule is CCCOCC(=O)NC(C)(C)C(N)=S. The van der Waals surface area contributed by atoms with Gasteiger partial charge in [0.25, 0.3) is 0 Å². The first-order valence-corrected chi connectivity index (χ1v) is 4.99. The molecule has 4 nitrogen and oxygen atoms in total. The third-order valence-corrected chi connectivity index (χ3v) is 2.16. The summed E-state index contributed by atoms with van der Waals surface area (Å²) in [5, 5.41) is 2.68. The molecule has 0 aromatic carbocycles. The Morgan fingerprint density at radius 2 is 2.14 bits per heavy atom. The van der Waals surface area contributed by atoms with E-state index in [0.29, 0.717) is 6.61 Å². The fourth-order valence-corrected chi connectivity index (χ4v) is 0.806. The fourth-order valence-electron chi connectivity index (χ4n) is 0.755. The van der Waals surface area contributed by atoms with Crippen LogP contribution in [0.4, 0.5) is 0 Å². The predicted octanol–water partition coefficient (Wildman–Crippen LogP) is 0.594. The number of ether oxygens (including phenoxy) is 1. The molecule has 0 rings (SSSR count). The van der Waals surface area contributed by atoms with Gasteiger partial charge < -0.3 is 15.8 Å². The Labute approximate surface area is 90.2 Å². The zero-order valence-corrected chi connectivity index (χ0v) is 9.74. The molecule has 5 heteroatoms. The number of carbonyl (C=O) groups is 1. The molecule has 0 aromatic heterocycles. The number of hydrogen-bond donors (Lipinski definition) is 2. The van der Waals surface area contributed by atoms with Gasteiger partial charge in [0.05, 0.1) is 10.5 Å². The molecule has 82 valence electrons. The molecule has 0 fully saturated rings. The summed E-state index contributed by atoms with van der Waals surface area (Å²) in [6.07, 6.45) is 0.895. The van der Waals surface area contributed by atoms with E-state index in [1.165, 1.54) is 0 Å². The van der Waals surface area contributed by atoms with Gasteiger partial charge in [0.2, 0.25) is 5.91 Å². The molecule has 0 aliphatic carbocycles. The molecule has 0 bridgehead atoms. The van der Waals surface area contributed by atoms with Gasteiger partial charge in [0.1, 0.15) is 6.61 Å². The lowest BCUT2D eigenvalue weighted by atomic mass is 10.1. The average Bonchev–Trinajstić information content (AvgIpc) is 2.03. The van der Waals surface area contributed by atoms with E-state index in [0.717, 1.165) is 6.42 Å². The van der Waals surface area contributed by atoms with Gasteiger partial charge in [-0.05, 0) is 20.3 Å². The Balaban J connectivity index is 3.88. The number of nitrogens with two attached hydrogens (primary N) is 1. The van der Waals surface area contributed by atoms with Crippen LogP contribution >= 0.6 is 12.2 Å². The van der Waals surface area contributed by atoms with E-state index in [1.807, 2.05) is 6.92 Å². The Morgan fingerprint density at radius 3 is 2.57 bits per heavy atom. The second-order valence-electron chi connectivity index (χ2n) is 3.59. The smallest absolute Gasteiger partial charge is 0.246 e. The van der Waals surface area contributed by atoms with Gasteiger partial charge in [0.15, 0.2) is 0 Å². The molecular formula is C9H18N2O2S. The lowest BCUT2D eigenvalue weighted by Gasteiger charge is -2.24. The van der Waals surface area contributed by atoms with Gasteiger partial charge in [0, 0.05) is 6.61 Å². The maximum atomic E-state index is 11.3. The Morgan fingerprint density at radius 1 is 1.57 bits per heavy atom. The second kappa shape index (κ2) is 5.93. The molecule has 0 aliphatic rings. The predicted molar refractivity (Wildman–Crippen MR) is 60.1 cm³/mol. The maximum absolute atomic E-state index is 11.3. The van der Waals surface area contributed by atoms with Gasteiger partial charge in [-0.3, -0.25) is 4.79 Å². The van der Waals surface area contributed by atoms with Crippen LogP contribution in [0.5, 0.6) is 0 Å². The first-order valence-electron chi connectivity index (χ1n) is 4.58. The van der Waals surface area contributed by atoms with E-state index in [-0.39, 0.29) is 17.5 Å². The minimum Gasteiger partial charge on any atom is -0.391 e. The normalized spacial score (nSPS) is 11.1. The van der Waals surface area contributed by atoms with Gasteiger partial charge in [-0.1, -0.05) is 19.1 Å². The highest BCUT2D eigenvalue weighted by Crippen LogP contribution is 2.01. The molecule has 0 aliphatic heterocycles. The van der Waals surface area contributed by atoms with Crippen LogP contribution in [-0.4, -0.2) is 29.6 Å². The molecule has 0 saturated heterocycles. The van der Waals surface area contributed by atoms with Gasteiger partial charge in [-0.25, -0.2) is 0 Å². The van der Waals surface area contributed by atoms with Crippen LogP contribution < -0.4 is 11.1 Å². The molecule has 3 N–H and O–H groups in total. The van der Waals surface area contributed by atoms with Crippen molar-refractivity contribution in [2.45, 2.75) is 32.7 Å². The van der Waals surface area contributed by atoms with Crippen molar-refractivity contribution in [1.82, 2.24) is 5.32 Å². The molecule has 0 heterocycles. The van der Waals surface area contributed by atoms with Crippen molar-refractivity contribution in [2.24, 2.45) is 5.73 Å². The summed E-state index contributed by atoms with van der Waals surface area (Å²) in [6, 6.07) is 0. The van der Waals surface area contributed by atoms with E-state index in [1.54, 1.807) is 13.8 Å². The second-order valence-corrected chi connectivity index (χ2v) is 4.03. The van der Waals surface area contributed by atoms with Gasteiger partial charge in [-0.2, -0.15) is 0 Å². The van der Waals surface area contributed by atoms with Crippen LogP contribution in [0.3, 0.4) is 0 Å². The largest absolute Gasteiger partial charge is 0.391 e. The number of carbonyl (C=O) groups excluding carboxylic acids is 1. The zero-order valence-electron chi connectivity index (χ0n) is 8.92. The van der Waals surface area contributed by atoms with Crippen LogP contribution in [0.2, 0.25) is 0 Å². The van der Waals surface area contributed by atoms with Gasteiger partial charge in [-0.15, -0.1) is 0 Å². The van der Waals surface area contributed by atoms with Crippen molar-refractivity contribution in [3.8, 4) is 0 Å². The van der Waals surface area contributed by atoms with E-state index in [4.69, 9.17) is 22.7 Å². The summed E-state index contributed by atoms with van der Waals surface area (Å²) in [6.45, 7) is 6.14. The molecule has 1 amide bonds. The number of amides is 1. The first kappa shape index (κ1) is 13.3. The minimum atomic E-state index is -0.651. The van der Waals surface area contributed by atoms with Crippen LogP contribution in [-0.2, 0) is 9.53 Å². The maximum Gasteiger partial charge on any atom is 0.246 e. The summed E-state index contributed by atoms with van der Waals surface area (Å²) in [5.41, 5.74) is 4.80. The third-order valence-electron chi connectivity index (χ3n) is 1.65. The third kappa shape index (κ3) is 5.14. The first-order chi connectivity index (χ1) is 6.40. The quantitative estimate of drug-likeness (QED) is 0.506. The van der Waals surface area contributed by atoms with E-state index < -0.39 is 5.54 Å².